The number of hydrogen-bond acceptors (Lipinski definition) is 6. The van der Waals surface area contributed by atoms with E-state index in [-0.39, 0.29) is 11.7 Å². The molecule has 2 N–H and O–H groups in total. The minimum absolute atomic E-state index is 0.101. The number of rotatable bonds is 5. The summed E-state index contributed by atoms with van der Waals surface area (Å²) in [5, 5.41) is 13.5. The lowest BCUT2D eigenvalue weighted by atomic mass is 10.3. The molecule has 2 heterocycles. The number of anilines is 1. The summed E-state index contributed by atoms with van der Waals surface area (Å²) in [7, 11) is 0. The van der Waals surface area contributed by atoms with Crippen LogP contribution in [0.5, 0.6) is 0 Å². The third kappa shape index (κ3) is 2.57. The fraction of sp³-hybridized carbons (Fsp3) is 0.222. The van der Waals surface area contributed by atoms with E-state index in [0.717, 1.165) is 18.4 Å². The zero-order chi connectivity index (χ0) is 11.4. The summed E-state index contributed by atoms with van der Waals surface area (Å²) >= 11 is 1.54. The topological polar surface area (TPSA) is 88.2 Å². The van der Waals surface area contributed by atoms with Gasteiger partial charge in [0.05, 0.1) is 11.2 Å². The Balaban J connectivity index is 1.83. The minimum atomic E-state index is -1.10. The molecule has 0 spiro atoms. The Labute approximate surface area is 95.0 Å². The van der Waals surface area contributed by atoms with Gasteiger partial charge in [-0.3, -0.25) is 0 Å². The number of aromatic carboxylic acids is 1. The molecule has 0 aliphatic heterocycles. The number of thiazole rings is 1. The molecule has 84 valence electrons. The average Bonchev–Trinajstić information content (AvgIpc) is 2.87. The van der Waals surface area contributed by atoms with Crippen LogP contribution in [0.15, 0.2) is 21.6 Å². The van der Waals surface area contributed by atoms with E-state index in [1.807, 2.05) is 5.38 Å². The Bertz CT molecular complexity index is 466. The van der Waals surface area contributed by atoms with Crippen LogP contribution in [0, 0.1) is 0 Å². The van der Waals surface area contributed by atoms with E-state index in [9.17, 15) is 4.79 Å². The molecule has 0 bridgehead atoms. The first-order valence-corrected chi connectivity index (χ1v) is 5.50. The van der Waals surface area contributed by atoms with Crippen LogP contribution in [-0.2, 0) is 6.42 Å². The first-order valence-electron chi connectivity index (χ1n) is 4.55. The largest absolute Gasteiger partial charge is 0.476 e. The number of hydrogen-bond donors (Lipinski definition) is 2. The van der Waals surface area contributed by atoms with Crippen molar-refractivity contribution in [1.29, 1.82) is 0 Å². The van der Waals surface area contributed by atoms with E-state index in [4.69, 9.17) is 9.52 Å². The molecular formula is C9H9N3O3S. The lowest BCUT2D eigenvalue weighted by Crippen LogP contribution is -2.05. The molecule has 0 aliphatic carbocycles. The number of nitrogens with zero attached hydrogens (tertiary/aromatic N) is 2. The van der Waals surface area contributed by atoms with Crippen molar-refractivity contribution < 1.29 is 14.3 Å². The lowest BCUT2D eigenvalue weighted by molar-refractivity contribution is 0.0690. The highest BCUT2D eigenvalue weighted by atomic mass is 32.1. The van der Waals surface area contributed by atoms with Crippen molar-refractivity contribution in [3.63, 3.8) is 0 Å². The van der Waals surface area contributed by atoms with Gasteiger partial charge in [0.2, 0.25) is 0 Å². The van der Waals surface area contributed by atoms with Crippen molar-refractivity contribution in [1.82, 2.24) is 9.97 Å². The maximum Gasteiger partial charge on any atom is 0.357 e. The number of aromatic nitrogens is 2. The smallest absolute Gasteiger partial charge is 0.357 e. The Morgan fingerprint density at radius 1 is 1.62 bits per heavy atom. The van der Waals surface area contributed by atoms with E-state index < -0.39 is 5.97 Å². The predicted octanol–water partition coefficient (Wildman–Crippen LogP) is 1.48. The molecule has 0 unspecified atom stereocenters. The Kier molecular flexibility index (Phi) is 3.16. The summed E-state index contributed by atoms with van der Waals surface area (Å²) in [4.78, 5) is 18.4. The van der Waals surface area contributed by atoms with Gasteiger partial charge in [0.1, 0.15) is 6.26 Å². The molecule has 0 saturated carbocycles. The fourth-order valence-electron chi connectivity index (χ4n) is 1.11. The molecule has 2 aromatic heterocycles. The van der Waals surface area contributed by atoms with Gasteiger partial charge < -0.3 is 14.8 Å². The molecule has 16 heavy (non-hydrogen) atoms. The van der Waals surface area contributed by atoms with Gasteiger partial charge in [0, 0.05) is 18.3 Å². The van der Waals surface area contributed by atoms with Crippen molar-refractivity contribution in [3.05, 3.63) is 28.5 Å². The first-order chi connectivity index (χ1) is 7.75. The van der Waals surface area contributed by atoms with Crippen molar-refractivity contribution in [2.45, 2.75) is 6.42 Å². The van der Waals surface area contributed by atoms with Crippen LogP contribution in [0.3, 0.4) is 0 Å². The van der Waals surface area contributed by atoms with Crippen molar-refractivity contribution >= 4 is 23.3 Å². The Hall–Kier alpha value is -1.89. The molecule has 0 aromatic carbocycles. The zero-order valence-electron chi connectivity index (χ0n) is 8.21. The minimum Gasteiger partial charge on any atom is -0.476 e. The predicted molar refractivity (Wildman–Crippen MR) is 57.8 cm³/mol. The summed E-state index contributed by atoms with van der Waals surface area (Å²) in [6.45, 7) is 0.601. The normalized spacial score (nSPS) is 10.2. The van der Waals surface area contributed by atoms with Crippen molar-refractivity contribution in [3.8, 4) is 0 Å². The van der Waals surface area contributed by atoms with Gasteiger partial charge in [0.25, 0.3) is 6.01 Å². The second-order valence-electron chi connectivity index (χ2n) is 3.00. The lowest BCUT2D eigenvalue weighted by Gasteiger charge is -1.98. The molecule has 0 fully saturated rings. The number of oxazole rings is 1. The summed E-state index contributed by atoms with van der Waals surface area (Å²) in [6.07, 6.45) is 1.85. The van der Waals surface area contributed by atoms with Crippen LogP contribution < -0.4 is 5.32 Å². The zero-order valence-corrected chi connectivity index (χ0v) is 9.03. The van der Waals surface area contributed by atoms with Crippen LogP contribution in [0.25, 0.3) is 0 Å². The number of carboxylic acids is 1. The molecule has 0 atom stereocenters. The van der Waals surface area contributed by atoms with Gasteiger partial charge in [0.15, 0.2) is 5.69 Å². The van der Waals surface area contributed by atoms with E-state index in [1.165, 1.54) is 11.3 Å². The van der Waals surface area contributed by atoms with Crippen LogP contribution in [0.1, 0.15) is 16.2 Å². The van der Waals surface area contributed by atoms with E-state index in [2.05, 4.69) is 15.3 Å². The molecule has 6 nitrogen and oxygen atoms in total. The maximum atomic E-state index is 10.5. The van der Waals surface area contributed by atoms with Crippen LogP contribution in [0.4, 0.5) is 6.01 Å². The van der Waals surface area contributed by atoms with E-state index in [1.54, 1.807) is 5.51 Å². The fourth-order valence-corrected chi connectivity index (χ4v) is 1.70. The molecule has 7 heteroatoms. The second-order valence-corrected chi connectivity index (χ2v) is 3.72. The van der Waals surface area contributed by atoms with Gasteiger partial charge in [-0.05, 0) is 0 Å². The van der Waals surface area contributed by atoms with Crippen LogP contribution >= 0.6 is 11.3 Å². The number of carboxylic acid groups (broad SMARTS) is 1. The van der Waals surface area contributed by atoms with Crippen molar-refractivity contribution in [2.75, 3.05) is 11.9 Å². The Morgan fingerprint density at radius 3 is 3.12 bits per heavy atom. The SMILES string of the molecule is O=C(O)c1coc(NCCc2cscn2)n1. The maximum absolute atomic E-state index is 10.5. The number of carbonyl (C=O) groups is 1. The highest BCUT2D eigenvalue weighted by Crippen LogP contribution is 2.08. The van der Waals surface area contributed by atoms with Crippen LogP contribution in [0.2, 0.25) is 0 Å². The molecule has 0 amide bonds. The molecule has 2 rings (SSSR count). The van der Waals surface area contributed by atoms with E-state index in [0.29, 0.717) is 6.54 Å². The highest BCUT2D eigenvalue weighted by Gasteiger charge is 2.09. The summed E-state index contributed by atoms with van der Waals surface area (Å²) in [5.41, 5.74) is 2.65. The van der Waals surface area contributed by atoms with Gasteiger partial charge in [-0.15, -0.1) is 11.3 Å². The molecule has 2 aromatic rings. The monoisotopic (exact) mass is 239 g/mol. The standard InChI is InChI=1S/C9H9N3O3S/c13-8(14)7-3-15-9(12-7)10-2-1-6-4-16-5-11-6/h3-5H,1-2H2,(H,10,12)(H,13,14). The van der Waals surface area contributed by atoms with Gasteiger partial charge in [-0.1, -0.05) is 0 Å². The average molecular weight is 239 g/mol. The molecule has 0 radical (unpaired) electrons. The van der Waals surface area contributed by atoms with Crippen LogP contribution in [-0.4, -0.2) is 27.6 Å². The van der Waals surface area contributed by atoms with E-state index >= 15 is 0 Å². The second kappa shape index (κ2) is 4.75. The number of nitrogens with one attached hydrogen (secondary N) is 1. The summed E-state index contributed by atoms with van der Waals surface area (Å²) in [6, 6.07) is 0.215. The third-order valence-corrected chi connectivity index (χ3v) is 2.50. The van der Waals surface area contributed by atoms with Gasteiger partial charge in [-0.2, -0.15) is 4.98 Å². The van der Waals surface area contributed by atoms with Gasteiger partial charge >= 0.3 is 5.97 Å². The summed E-state index contributed by atoms with van der Waals surface area (Å²) in [5.74, 6) is -1.10. The third-order valence-electron chi connectivity index (χ3n) is 1.86. The highest BCUT2D eigenvalue weighted by molar-refractivity contribution is 7.07. The Morgan fingerprint density at radius 2 is 2.50 bits per heavy atom. The van der Waals surface area contributed by atoms with Gasteiger partial charge in [-0.25, -0.2) is 9.78 Å². The molecule has 0 saturated heterocycles. The molecule has 0 aliphatic rings. The summed E-state index contributed by atoms with van der Waals surface area (Å²) < 4.78 is 4.92. The van der Waals surface area contributed by atoms with Crippen molar-refractivity contribution in [2.24, 2.45) is 0 Å². The molecular weight excluding hydrogens is 230 g/mol. The first kappa shape index (κ1) is 10.6. The quantitative estimate of drug-likeness (QED) is 0.821.